The van der Waals surface area contributed by atoms with Gasteiger partial charge in [0.2, 0.25) is 0 Å². The number of amides is 5. The first-order valence-corrected chi connectivity index (χ1v) is 8.71. The zero-order valence-corrected chi connectivity index (χ0v) is 14.6. The maximum absolute atomic E-state index is 12.7. The van der Waals surface area contributed by atoms with Gasteiger partial charge >= 0.3 is 12.1 Å². The Labute approximate surface area is 147 Å². The number of anilines is 1. The van der Waals surface area contributed by atoms with Gasteiger partial charge in [0.15, 0.2) is 0 Å². The highest BCUT2D eigenvalue weighted by atomic mass is 16.2. The summed E-state index contributed by atoms with van der Waals surface area (Å²) in [5.41, 5.74) is 0.605. The second-order valence-corrected chi connectivity index (χ2v) is 6.80. The number of hydrogen-bond acceptors (Lipinski definition) is 3. The smallest absolute Gasteiger partial charge is 0.332 e. The molecule has 2 saturated heterocycles. The summed E-state index contributed by atoms with van der Waals surface area (Å²) in [6.45, 7) is 5.14. The Kier molecular flexibility index (Phi) is 4.92. The Bertz CT molecular complexity index is 654. The molecule has 1 N–H and O–H groups in total. The third kappa shape index (κ3) is 3.60. The number of imide groups is 1. The first kappa shape index (κ1) is 17.3. The van der Waals surface area contributed by atoms with Gasteiger partial charge in [-0.3, -0.25) is 4.79 Å². The van der Waals surface area contributed by atoms with E-state index in [0.717, 1.165) is 0 Å². The van der Waals surface area contributed by atoms with E-state index >= 15 is 0 Å². The lowest BCUT2D eigenvalue weighted by Crippen LogP contribution is -2.51. The van der Waals surface area contributed by atoms with Crippen molar-refractivity contribution in [1.82, 2.24) is 15.1 Å². The molecule has 2 heterocycles. The topological polar surface area (TPSA) is 73.0 Å². The second kappa shape index (κ2) is 7.13. The summed E-state index contributed by atoms with van der Waals surface area (Å²) in [7, 11) is 0. The zero-order valence-electron chi connectivity index (χ0n) is 14.6. The van der Waals surface area contributed by atoms with E-state index in [1.54, 1.807) is 21.9 Å². The predicted molar refractivity (Wildman–Crippen MR) is 94.3 cm³/mol. The summed E-state index contributed by atoms with van der Waals surface area (Å²) in [5.74, 6) is -0.198. The molecule has 0 aliphatic carbocycles. The first-order valence-electron chi connectivity index (χ1n) is 8.71. The predicted octanol–water partition coefficient (Wildman–Crippen LogP) is 2.04. The van der Waals surface area contributed by atoms with E-state index in [2.05, 4.69) is 5.32 Å². The third-order valence-electron chi connectivity index (χ3n) is 4.61. The molecule has 0 aromatic heterocycles. The summed E-state index contributed by atoms with van der Waals surface area (Å²) < 4.78 is 0. The average molecular weight is 344 g/mol. The number of rotatable bonds is 3. The number of para-hydroxylation sites is 1. The molecule has 0 saturated carbocycles. The maximum atomic E-state index is 12.7. The van der Waals surface area contributed by atoms with Gasteiger partial charge in [-0.1, -0.05) is 18.2 Å². The fraction of sp³-hybridized carbons (Fsp3) is 0.500. The second-order valence-electron chi connectivity index (χ2n) is 6.80. The van der Waals surface area contributed by atoms with Gasteiger partial charge in [-0.05, 0) is 38.8 Å². The van der Waals surface area contributed by atoms with Gasteiger partial charge in [0, 0.05) is 25.2 Å². The third-order valence-corrected chi connectivity index (χ3v) is 4.61. The van der Waals surface area contributed by atoms with Gasteiger partial charge in [0.1, 0.15) is 6.54 Å². The van der Waals surface area contributed by atoms with E-state index in [9.17, 15) is 14.4 Å². The van der Waals surface area contributed by atoms with Crippen LogP contribution in [0.2, 0.25) is 0 Å². The molecule has 0 radical (unpaired) electrons. The Morgan fingerprint density at radius 1 is 1.12 bits per heavy atom. The highest BCUT2D eigenvalue weighted by Crippen LogP contribution is 2.26. The van der Waals surface area contributed by atoms with E-state index < -0.39 is 0 Å². The van der Waals surface area contributed by atoms with E-state index in [4.69, 9.17) is 0 Å². The molecule has 1 aromatic rings. The molecule has 0 atom stereocenters. The monoisotopic (exact) mass is 344 g/mol. The molecule has 0 spiro atoms. The molecule has 25 heavy (non-hydrogen) atoms. The Hall–Kier alpha value is -2.57. The Morgan fingerprint density at radius 2 is 1.76 bits per heavy atom. The lowest BCUT2D eigenvalue weighted by Gasteiger charge is -2.36. The van der Waals surface area contributed by atoms with Crippen LogP contribution in [-0.4, -0.2) is 59.5 Å². The Morgan fingerprint density at radius 3 is 2.36 bits per heavy atom. The van der Waals surface area contributed by atoms with Gasteiger partial charge in [0.25, 0.3) is 5.91 Å². The van der Waals surface area contributed by atoms with Gasteiger partial charge in [0.05, 0.1) is 5.69 Å². The molecule has 5 amide bonds. The van der Waals surface area contributed by atoms with E-state index in [-0.39, 0.29) is 36.6 Å². The van der Waals surface area contributed by atoms with Crippen molar-refractivity contribution >= 4 is 23.7 Å². The van der Waals surface area contributed by atoms with Crippen LogP contribution in [0.5, 0.6) is 0 Å². The minimum Gasteiger partial charge on any atom is -0.336 e. The van der Waals surface area contributed by atoms with Crippen molar-refractivity contribution in [3.8, 4) is 0 Å². The minimum absolute atomic E-state index is 0.00624. The van der Waals surface area contributed by atoms with Gasteiger partial charge in [-0.25, -0.2) is 14.5 Å². The van der Waals surface area contributed by atoms with Crippen LogP contribution in [-0.2, 0) is 4.79 Å². The van der Waals surface area contributed by atoms with Gasteiger partial charge in [-0.2, -0.15) is 0 Å². The van der Waals surface area contributed by atoms with Crippen molar-refractivity contribution in [3.05, 3.63) is 30.3 Å². The molecule has 134 valence electrons. The van der Waals surface area contributed by atoms with Crippen molar-refractivity contribution in [2.45, 2.75) is 38.8 Å². The van der Waals surface area contributed by atoms with Crippen LogP contribution in [0.4, 0.5) is 15.3 Å². The number of likely N-dealkylation sites (tertiary alicyclic amines) is 1. The zero-order chi connectivity index (χ0) is 18.0. The van der Waals surface area contributed by atoms with Crippen molar-refractivity contribution in [2.75, 3.05) is 24.5 Å². The van der Waals surface area contributed by atoms with Crippen LogP contribution in [0.1, 0.15) is 26.7 Å². The van der Waals surface area contributed by atoms with E-state index in [1.165, 1.54) is 4.90 Å². The normalized spacial score (nSPS) is 19.1. The summed E-state index contributed by atoms with van der Waals surface area (Å²) in [4.78, 5) is 41.8. The number of hydrogen-bond donors (Lipinski definition) is 1. The summed E-state index contributed by atoms with van der Waals surface area (Å²) in [5, 5.41) is 2.89. The van der Waals surface area contributed by atoms with Crippen LogP contribution in [0, 0.1) is 0 Å². The largest absolute Gasteiger partial charge is 0.336 e. The molecule has 2 aliphatic rings. The molecular formula is C18H24N4O3. The lowest BCUT2D eigenvalue weighted by molar-refractivity contribution is -0.116. The van der Waals surface area contributed by atoms with Crippen molar-refractivity contribution < 1.29 is 14.4 Å². The number of carbonyl (C=O) groups excluding carboxylic acids is 3. The minimum atomic E-state index is -0.263. The summed E-state index contributed by atoms with van der Waals surface area (Å²) in [6, 6.07) is 8.76. The van der Waals surface area contributed by atoms with E-state index in [1.807, 2.05) is 32.0 Å². The molecule has 1 aromatic carbocycles. The highest BCUT2D eigenvalue weighted by molar-refractivity contribution is 6.19. The Balaban J connectivity index is 1.62. The lowest BCUT2D eigenvalue weighted by atomic mass is 10.0. The summed E-state index contributed by atoms with van der Waals surface area (Å²) >= 11 is 0. The number of nitrogens with one attached hydrogen (secondary N) is 1. The fourth-order valence-corrected chi connectivity index (χ4v) is 3.35. The molecular weight excluding hydrogens is 320 g/mol. The van der Waals surface area contributed by atoms with Gasteiger partial charge in [-0.15, -0.1) is 0 Å². The molecule has 3 rings (SSSR count). The van der Waals surface area contributed by atoms with Crippen molar-refractivity contribution in [1.29, 1.82) is 0 Å². The maximum Gasteiger partial charge on any atom is 0.332 e. The van der Waals surface area contributed by atoms with Crippen LogP contribution < -0.4 is 10.2 Å². The summed E-state index contributed by atoms with van der Waals surface area (Å²) in [6.07, 6.45) is 1.38. The van der Waals surface area contributed by atoms with Gasteiger partial charge < -0.3 is 15.1 Å². The average Bonchev–Trinajstić information content (AvgIpc) is 2.89. The molecule has 2 fully saturated rings. The fourth-order valence-electron chi connectivity index (χ4n) is 3.35. The molecule has 0 bridgehead atoms. The molecule has 2 aliphatic heterocycles. The molecule has 7 nitrogen and oxygen atoms in total. The molecule has 7 heteroatoms. The van der Waals surface area contributed by atoms with Crippen molar-refractivity contribution in [2.24, 2.45) is 0 Å². The SMILES string of the molecule is CC(C)NC(=O)N1CCC(N2CC(=O)N(c3ccccc3)C2=O)CC1. The van der Waals surface area contributed by atoms with E-state index in [0.29, 0.717) is 31.6 Å². The number of piperidine rings is 1. The number of nitrogens with zero attached hydrogens (tertiary/aromatic N) is 3. The van der Waals surface area contributed by atoms with Crippen LogP contribution in [0.3, 0.4) is 0 Å². The number of urea groups is 2. The quantitative estimate of drug-likeness (QED) is 0.853. The first-order chi connectivity index (χ1) is 12.0. The molecule has 0 unspecified atom stereocenters. The number of benzene rings is 1. The van der Waals surface area contributed by atoms with Crippen LogP contribution in [0.25, 0.3) is 0 Å². The van der Waals surface area contributed by atoms with Crippen LogP contribution in [0.15, 0.2) is 30.3 Å². The van der Waals surface area contributed by atoms with Crippen molar-refractivity contribution in [3.63, 3.8) is 0 Å². The van der Waals surface area contributed by atoms with Crippen LogP contribution >= 0.6 is 0 Å². The highest BCUT2D eigenvalue weighted by Gasteiger charge is 2.41. The standard InChI is InChI=1S/C18H24N4O3/c1-13(2)19-17(24)20-10-8-14(9-11-20)21-12-16(23)22(18(21)25)15-6-4-3-5-7-15/h3-7,13-14H,8-12H2,1-2H3,(H,19,24). The number of carbonyl (C=O) groups is 3.